The largest absolute Gasteiger partial charge is 0.352 e. The topological polar surface area (TPSA) is 66.5 Å². The number of hydrogen-bond acceptors (Lipinski definition) is 4. The van der Waals surface area contributed by atoms with Gasteiger partial charge in [0.1, 0.15) is 5.41 Å². The maximum absolute atomic E-state index is 14.2. The van der Waals surface area contributed by atoms with Gasteiger partial charge in [0.05, 0.1) is 18.0 Å². The molecule has 1 saturated heterocycles. The molecule has 6 rings (SSSR count). The van der Waals surface area contributed by atoms with Crippen molar-refractivity contribution in [1.29, 1.82) is 0 Å². The molecule has 0 aliphatic carbocycles. The van der Waals surface area contributed by atoms with Crippen molar-refractivity contribution in [3.63, 3.8) is 0 Å². The van der Waals surface area contributed by atoms with Crippen LogP contribution in [-0.4, -0.2) is 29.6 Å². The van der Waals surface area contributed by atoms with Crippen molar-refractivity contribution in [3.8, 4) is 0 Å². The van der Waals surface area contributed by atoms with Crippen LogP contribution in [0.1, 0.15) is 28.4 Å². The van der Waals surface area contributed by atoms with E-state index in [9.17, 15) is 14.4 Å². The van der Waals surface area contributed by atoms with Crippen LogP contribution < -0.4 is 10.2 Å². The van der Waals surface area contributed by atoms with Crippen LogP contribution >= 0.6 is 11.6 Å². The van der Waals surface area contributed by atoms with Gasteiger partial charge < -0.3 is 10.2 Å². The summed E-state index contributed by atoms with van der Waals surface area (Å²) < 4.78 is 0. The van der Waals surface area contributed by atoms with E-state index in [-0.39, 0.29) is 17.5 Å². The number of rotatable bonds is 3. The Morgan fingerprint density at radius 2 is 1.74 bits per heavy atom. The Morgan fingerprint density at radius 1 is 1.00 bits per heavy atom. The molecule has 1 spiro atoms. The SMILES string of the molecule is CC(=O)[C@@H]1[C@H](C(=O)c2ccccc2)[C@@]2(C(=O)Nc3ccccc32)[C@@H]2C=Cc3cc(Cl)ccc3N12. The number of para-hydroxylation sites is 1. The van der Waals surface area contributed by atoms with Crippen molar-refractivity contribution in [2.75, 3.05) is 10.2 Å². The molecule has 3 aromatic carbocycles. The van der Waals surface area contributed by atoms with Crippen molar-refractivity contribution in [2.45, 2.75) is 24.4 Å². The number of amides is 1. The lowest BCUT2D eigenvalue weighted by atomic mass is 9.64. The van der Waals surface area contributed by atoms with Gasteiger partial charge in [-0.1, -0.05) is 72.3 Å². The van der Waals surface area contributed by atoms with Crippen molar-refractivity contribution in [2.24, 2.45) is 5.92 Å². The minimum absolute atomic E-state index is 0.162. The molecule has 0 radical (unpaired) electrons. The van der Waals surface area contributed by atoms with Gasteiger partial charge in [0.25, 0.3) is 0 Å². The quantitative estimate of drug-likeness (QED) is 0.555. The molecule has 5 nitrogen and oxygen atoms in total. The Kier molecular flexibility index (Phi) is 4.55. The smallest absolute Gasteiger partial charge is 0.238 e. The predicted molar refractivity (Wildman–Crippen MR) is 132 cm³/mol. The second-order valence-electron chi connectivity index (χ2n) is 9.05. The highest BCUT2D eigenvalue weighted by atomic mass is 35.5. The van der Waals surface area contributed by atoms with E-state index in [1.807, 2.05) is 59.5 Å². The van der Waals surface area contributed by atoms with Crippen LogP contribution in [0.3, 0.4) is 0 Å². The van der Waals surface area contributed by atoms with Gasteiger partial charge in [-0.25, -0.2) is 0 Å². The van der Waals surface area contributed by atoms with Crippen molar-refractivity contribution in [3.05, 3.63) is 101 Å². The van der Waals surface area contributed by atoms with Crippen LogP contribution in [-0.2, 0) is 15.0 Å². The molecule has 3 aliphatic heterocycles. The summed E-state index contributed by atoms with van der Waals surface area (Å²) >= 11 is 6.25. The van der Waals surface area contributed by atoms with E-state index in [2.05, 4.69) is 5.32 Å². The fourth-order valence-electron chi connectivity index (χ4n) is 6.09. The Labute approximate surface area is 202 Å². The second kappa shape index (κ2) is 7.40. The number of ketones is 2. The van der Waals surface area contributed by atoms with Crippen LogP contribution in [0.25, 0.3) is 6.08 Å². The summed E-state index contributed by atoms with van der Waals surface area (Å²) in [6, 6.07) is 20.5. The first-order valence-electron chi connectivity index (χ1n) is 11.2. The molecule has 3 aromatic rings. The number of benzene rings is 3. The van der Waals surface area contributed by atoms with Gasteiger partial charge in [0.15, 0.2) is 11.6 Å². The normalized spacial score (nSPS) is 26.1. The van der Waals surface area contributed by atoms with E-state index in [1.165, 1.54) is 6.92 Å². The lowest BCUT2D eigenvalue weighted by Gasteiger charge is -2.37. The fourth-order valence-corrected chi connectivity index (χ4v) is 6.27. The van der Waals surface area contributed by atoms with E-state index >= 15 is 0 Å². The molecule has 3 heterocycles. The number of carbonyl (C=O) groups is 3. The highest BCUT2D eigenvalue weighted by Crippen LogP contribution is 2.57. The number of carbonyl (C=O) groups excluding carboxylic acids is 3. The van der Waals surface area contributed by atoms with Gasteiger partial charge in [-0.3, -0.25) is 14.4 Å². The zero-order chi connectivity index (χ0) is 23.6. The molecule has 34 heavy (non-hydrogen) atoms. The summed E-state index contributed by atoms with van der Waals surface area (Å²) in [5, 5.41) is 3.59. The van der Waals surface area contributed by atoms with Crippen LogP contribution in [0.5, 0.6) is 0 Å². The standard InChI is InChI=1S/C28H21ClN2O3/c1-16(32)25-24(26(33)17-7-3-2-4-8-17)28(20-9-5-6-10-21(20)30-27(28)34)23-14-11-18-15-19(29)12-13-22(18)31(23)25/h2-15,23-25H,1H3,(H,30,34)/t23-,24+,25+,28-/m0/s1. The number of Topliss-reactive ketones (excluding diaryl/α,β-unsaturated/α-hetero) is 2. The molecule has 1 N–H and O–H groups in total. The molecule has 1 amide bonds. The zero-order valence-corrected chi connectivity index (χ0v) is 19.1. The lowest BCUT2D eigenvalue weighted by Crippen LogP contribution is -2.51. The second-order valence-corrected chi connectivity index (χ2v) is 9.48. The summed E-state index contributed by atoms with van der Waals surface area (Å²) in [7, 11) is 0. The van der Waals surface area contributed by atoms with Gasteiger partial charge in [-0.05, 0) is 42.3 Å². The van der Waals surface area contributed by atoms with E-state index in [1.54, 1.807) is 30.3 Å². The zero-order valence-electron chi connectivity index (χ0n) is 18.4. The first-order chi connectivity index (χ1) is 16.4. The number of nitrogens with one attached hydrogen (secondary N) is 1. The fraction of sp³-hybridized carbons (Fsp3) is 0.179. The third-order valence-corrected chi connectivity index (χ3v) is 7.59. The predicted octanol–water partition coefficient (Wildman–Crippen LogP) is 4.90. The molecule has 0 saturated carbocycles. The highest BCUT2D eigenvalue weighted by molar-refractivity contribution is 6.31. The van der Waals surface area contributed by atoms with Crippen molar-refractivity contribution in [1.82, 2.24) is 0 Å². The Morgan fingerprint density at radius 3 is 2.50 bits per heavy atom. The molecular formula is C28H21ClN2O3. The van der Waals surface area contributed by atoms with E-state index in [0.29, 0.717) is 16.3 Å². The third-order valence-electron chi connectivity index (χ3n) is 7.35. The molecule has 0 unspecified atom stereocenters. The van der Waals surface area contributed by atoms with Crippen LogP contribution in [0, 0.1) is 5.92 Å². The molecular weight excluding hydrogens is 448 g/mol. The number of anilines is 2. The number of nitrogens with zero attached hydrogens (tertiary/aromatic N) is 1. The lowest BCUT2D eigenvalue weighted by molar-refractivity contribution is -0.122. The number of fused-ring (bicyclic) bond motifs is 6. The summed E-state index contributed by atoms with van der Waals surface area (Å²) in [5.41, 5.74) is 2.29. The summed E-state index contributed by atoms with van der Waals surface area (Å²) in [5.74, 6) is -1.55. The molecule has 0 aromatic heterocycles. The first-order valence-corrected chi connectivity index (χ1v) is 11.6. The number of hydrogen-bond donors (Lipinski definition) is 1. The van der Waals surface area contributed by atoms with Gasteiger partial charge in [0.2, 0.25) is 5.91 Å². The van der Waals surface area contributed by atoms with E-state index < -0.39 is 23.4 Å². The van der Waals surface area contributed by atoms with Crippen LogP contribution in [0.15, 0.2) is 78.9 Å². The van der Waals surface area contributed by atoms with Gasteiger partial charge in [0, 0.05) is 22.0 Å². The average Bonchev–Trinajstić information content (AvgIpc) is 3.32. The monoisotopic (exact) mass is 468 g/mol. The Bertz CT molecular complexity index is 1400. The molecule has 168 valence electrons. The third kappa shape index (κ3) is 2.64. The van der Waals surface area contributed by atoms with Crippen LogP contribution in [0.4, 0.5) is 11.4 Å². The summed E-state index contributed by atoms with van der Waals surface area (Å²) in [4.78, 5) is 43.4. The molecule has 6 heteroatoms. The van der Waals surface area contributed by atoms with Gasteiger partial charge in [-0.2, -0.15) is 0 Å². The Hall–Kier alpha value is -3.70. The van der Waals surface area contributed by atoms with Crippen LogP contribution in [0.2, 0.25) is 5.02 Å². The number of halogens is 1. The molecule has 1 fully saturated rings. The maximum Gasteiger partial charge on any atom is 0.238 e. The first kappa shape index (κ1) is 20.9. The molecule has 4 atom stereocenters. The van der Waals surface area contributed by atoms with Crippen molar-refractivity contribution >= 4 is 46.5 Å². The van der Waals surface area contributed by atoms with Gasteiger partial charge in [-0.15, -0.1) is 0 Å². The van der Waals surface area contributed by atoms with E-state index in [0.717, 1.165) is 16.8 Å². The van der Waals surface area contributed by atoms with E-state index in [4.69, 9.17) is 11.6 Å². The summed E-state index contributed by atoms with van der Waals surface area (Å²) in [6.07, 6.45) is 3.87. The minimum Gasteiger partial charge on any atom is -0.352 e. The molecule has 0 bridgehead atoms. The summed E-state index contributed by atoms with van der Waals surface area (Å²) in [6.45, 7) is 1.50. The highest BCUT2D eigenvalue weighted by Gasteiger charge is 2.69. The van der Waals surface area contributed by atoms with Gasteiger partial charge >= 0.3 is 0 Å². The van der Waals surface area contributed by atoms with Crippen molar-refractivity contribution < 1.29 is 14.4 Å². The Balaban J connectivity index is 1.67. The minimum atomic E-state index is -1.26. The molecule has 3 aliphatic rings. The average molecular weight is 469 g/mol. The maximum atomic E-state index is 14.2.